The van der Waals surface area contributed by atoms with Gasteiger partial charge in [-0.1, -0.05) is 29.8 Å². The van der Waals surface area contributed by atoms with Crippen molar-refractivity contribution in [3.8, 4) is 0 Å². The number of rotatable bonds is 6. The second kappa shape index (κ2) is 8.95. The van der Waals surface area contributed by atoms with E-state index < -0.39 is 5.91 Å². The zero-order valence-electron chi connectivity index (χ0n) is 16.7. The molecule has 0 aliphatic carbocycles. The SMILES string of the molecule is C/C=C(\C=C(/C)SC)c1nc(C)c(C(=O)N=O)n1Cc1cc(C)ccc1C. The van der Waals surface area contributed by atoms with Crippen LogP contribution in [0.1, 0.15) is 52.5 Å². The number of nitrogens with zero attached hydrogens (tertiary/aromatic N) is 3. The van der Waals surface area contributed by atoms with E-state index in [0.29, 0.717) is 18.1 Å². The molecule has 142 valence electrons. The van der Waals surface area contributed by atoms with E-state index in [2.05, 4.69) is 28.4 Å². The number of carbonyl (C=O) groups is 1. The Morgan fingerprint density at radius 1 is 1.30 bits per heavy atom. The molecule has 2 aromatic rings. The van der Waals surface area contributed by atoms with Gasteiger partial charge in [-0.3, -0.25) is 4.79 Å². The third-order valence-electron chi connectivity index (χ3n) is 4.51. The number of benzene rings is 1. The van der Waals surface area contributed by atoms with E-state index in [0.717, 1.165) is 27.2 Å². The van der Waals surface area contributed by atoms with Crippen molar-refractivity contribution in [3.63, 3.8) is 0 Å². The molecule has 0 saturated carbocycles. The molecule has 0 radical (unpaired) electrons. The Hall–Kier alpha value is -2.47. The number of nitroso groups, excluding NO2 is 1. The molecule has 0 spiro atoms. The first-order valence-electron chi connectivity index (χ1n) is 8.72. The van der Waals surface area contributed by atoms with Crippen LogP contribution in [0, 0.1) is 25.7 Å². The van der Waals surface area contributed by atoms with Crippen LogP contribution in [0.5, 0.6) is 0 Å². The zero-order chi connectivity index (χ0) is 20.1. The van der Waals surface area contributed by atoms with Gasteiger partial charge in [0.05, 0.1) is 12.2 Å². The Balaban J connectivity index is 2.70. The Labute approximate surface area is 164 Å². The van der Waals surface area contributed by atoms with Crippen molar-refractivity contribution in [3.05, 3.63) is 74.1 Å². The van der Waals surface area contributed by atoms with Gasteiger partial charge in [-0.05, 0) is 63.0 Å². The van der Waals surface area contributed by atoms with Gasteiger partial charge in [0.15, 0.2) is 0 Å². The highest BCUT2D eigenvalue weighted by molar-refractivity contribution is 8.02. The second-order valence-electron chi connectivity index (χ2n) is 6.49. The van der Waals surface area contributed by atoms with E-state index in [4.69, 9.17) is 0 Å². The van der Waals surface area contributed by atoms with Gasteiger partial charge in [0, 0.05) is 10.7 Å². The monoisotopic (exact) mass is 383 g/mol. The van der Waals surface area contributed by atoms with Gasteiger partial charge in [-0.25, -0.2) is 4.98 Å². The number of hydrogen-bond donors (Lipinski definition) is 0. The summed E-state index contributed by atoms with van der Waals surface area (Å²) in [6.45, 7) is 10.2. The maximum Gasteiger partial charge on any atom is 0.334 e. The molecule has 27 heavy (non-hydrogen) atoms. The van der Waals surface area contributed by atoms with E-state index in [1.54, 1.807) is 23.3 Å². The van der Waals surface area contributed by atoms with E-state index in [-0.39, 0.29) is 5.69 Å². The minimum Gasteiger partial charge on any atom is -0.315 e. The molecule has 0 aliphatic rings. The summed E-state index contributed by atoms with van der Waals surface area (Å²) >= 11 is 1.65. The number of aromatic nitrogens is 2. The molecule has 6 heteroatoms. The van der Waals surface area contributed by atoms with Crippen molar-refractivity contribution < 1.29 is 4.79 Å². The lowest BCUT2D eigenvalue weighted by Crippen LogP contribution is -2.13. The number of carbonyl (C=O) groups excluding carboxylic acids is 1. The molecule has 1 aromatic carbocycles. The lowest BCUT2D eigenvalue weighted by Gasteiger charge is -2.14. The molecule has 0 aliphatic heterocycles. The van der Waals surface area contributed by atoms with Gasteiger partial charge in [0.1, 0.15) is 11.5 Å². The van der Waals surface area contributed by atoms with Crippen molar-refractivity contribution >= 4 is 23.2 Å². The number of amides is 1. The molecular weight excluding hydrogens is 358 g/mol. The smallest absolute Gasteiger partial charge is 0.315 e. The summed E-state index contributed by atoms with van der Waals surface area (Å²) in [6, 6.07) is 6.21. The Morgan fingerprint density at radius 2 is 2.00 bits per heavy atom. The van der Waals surface area contributed by atoms with Gasteiger partial charge in [-0.15, -0.1) is 16.7 Å². The molecule has 2 rings (SSSR count). The summed E-state index contributed by atoms with van der Waals surface area (Å²) in [7, 11) is 0. The average molecular weight is 384 g/mol. The van der Waals surface area contributed by atoms with Crippen molar-refractivity contribution in [2.45, 2.75) is 41.2 Å². The van der Waals surface area contributed by atoms with Gasteiger partial charge in [0.25, 0.3) is 0 Å². The summed E-state index contributed by atoms with van der Waals surface area (Å²) in [6.07, 6.45) is 6.01. The second-order valence-corrected chi connectivity index (χ2v) is 7.54. The Bertz CT molecular complexity index is 939. The molecule has 0 bridgehead atoms. The minimum absolute atomic E-state index is 0.246. The normalized spacial score (nSPS) is 12.4. The minimum atomic E-state index is -0.794. The van der Waals surface area contributed by atoms with Crippen LogP contribution in [0.4, 0.5) is 0 Å². The highest BCUT2D eigenvalue weighted by atomic mass is 32.2. The summed E-state index contributed by atoms with van der Waals surface area (Å²) in [5.74, 6) is -0.131. The van der Waals surface area contributed by atoms with Gasteiger partial charge < -0.3 is 4.57 Å². The highest BCUT2D eigenvalue weighted by Crippen LogP contribution is 2.26. The lowest BCUT2D eigenvalue weighted by molar-refractivity contribution is 0.0991. The van der Waals surface area contributed by atoms with Crippen LogP contribution >= 0.6 is 11.8 Å². The quantitative estimate of drug-likeness (QED) is 0.492. The summed E-state index contributed by atoms with van der Waals surface area (Å²) in [5.41, 5.74) is 4.99. The summed E-state index contributed by atoms with van der Waals surface area (Å²) in [4.78, 5) is 28.9. The number of aryl methyl sites for hydroxylation is 3. The van der Waals surface area contributed by atoms with Gasteiger partial charge >= 0.3 is 5.91 Å². The fourth-order valence-electron chi connectivity index (χ4n) is 2.96. The van der Waals surface area contributed by atoms with Gasteiger partial charge in [-0.2, -0.15) is 0 Å². The maximum atomic E-state index is 12.2. The van der Waals surface area contributed by atoms with Crippen LogP contribution in [-0.2, 0) is 6.54 Å². The number of allylic oxidation sites excluding steroid dienone is 4. The van der Waals surface area contributed by atoms with Crippen LogP contribution in [0.25, 0.3) is 5.57 Å². The zero-order valence-corrected chi connectivity index (χ0v) is 17.5. The first-order chi connectivity index (χ1) is 12.8. The molecule has 1 amide bonds. The predicted octanol–water partition coefficient (Wildman–Crippen LogP) is 5.43. The first kappa shape index (κ1) is 20.8. The largest absolute Gasteiger partial charge is 0.334 e. The average Bonchev–Trinajstić information content (AvgIpc) is 2.97. The first-order valence-corrected chi connectivity index (χ1v) is 9.94. The Kier molecular flexibility index (Phi) is 6.91. The maximum absolute atomic E-state index is 12.2. The predicted molar refractivity (Wildman–Crippen MR) is 113 cm³/mol. The molecule has 0 N–H and O–H groups in total. The molecule has 0 unspecified atom stereocenters. The third-order valence-corrected chi connectivity index (χ3v) is 5.27. The standard InChI is InChI=1S/C21H25N3O2S/c1-7-17(11-15(4)27-6)20-22-16(5)19(21(25)23-26)24(20)12-18-10-13(2)8-9-14(18)3/h7-11H,12H2,1-6H3/b15-11+,17-7+. The molecule has 1 aromatic heterocycles. The molecular formula is C21H25N3O2S. The number of imidazole rings is 1. The van der Waals surface area contributed by atoms with Gasteiger partial charge in [0.2, 0.25) is 0 Å². The summed E-state index contributed by atoms with van der Waals surface area (Å²) in [5, 5.41) is 2.65. The third kappa shape index (κ3) is 4.63. The van der Waals surface area contributed by atoms with Crippen LogP contribution in [0.15, 0.2) is 40.4 Å². The fraction of sp³-hybridized carbons (Fsp3) is 0.333. The van der Waals surface area contributed by atoms with Crippen LogP contribution in [0.3, 0.4) is 0 Å². The topological polar surface area (TPSA) is 64.3 Å². The van der Waals surface area contributed by atoms with E-state index in [1.807, 2.05) is 46.1 Å². The van der Waals surface area contributed by atoms with Crippen LogP contribution in [-0.4, -0.2) is 21.7 Å². The summed E-state index contributed by atoms with van der Waals surface area (Å²) < 4.78 is 1.81. The van der Waals surface area contributed by atoms with Crippen LogP contribution < -0.4 is 0 Å². The van der Waals surface area contributed by atoms with Crippen LogP contribution in [0.2, 0.25) is 0 Å². The molecule has 5 nitrogen and oxygen atoms in total. The van der Waals surface area contributed by atoms with E-state index >= 15 is 0 Å². The fourth-order valence-corrected chi connectivity index (χ4v) is 3.20. The van der Waals surface area contributed by atoms with Crippen molar-refractivity contribution in [2.24, 2.45) is 5.18 Å². The Morgan fingerprint density at radius 3 is 2.59 bits per heavy atom. The van der Waals surface area contributed by atoms with E-state index in [9.17, 15) is 9.70 Å². The number of thioether (sulfide) groups is 1. The van der Waals surface area contributed by atoms with Crippen molar-refractivity contribution in [2.75, 3.05) is 6.26 Å². The molecule has 0 saturated heterocycles. The number of hydrogen-bond acceptors (Lipinski definition) is 4. The molecule has 1 heterocycles. The van der Waals surface area contributed by atoms with E-state index in [1.165, 1.54) is 0 Å². The molecule has 0 atom stereocenters. The highest BCUT2D eigenvalue weighted by Gasteiger charge is 2.23. The lowest BCUT2D eigenvalue weighted by atomic mass is 10.1. The molecule has 0 fully saturated rings. The van der Waals surface area contributed by atoms with Crippen molar-refractivity contribution in [1.29, 1.82) is 0 Å². The van der Waals surface area contributed by atoms with Crippen molar-refractivity contribution in [1.82, 2.24) is 9.55 Å².